The number of benzene rings is 3. The normalized spacial score (nSPS) is 10.9. The Hall–Kier alpha value is -3.14. The summed E-state index contributed by atoms with van der Waals surface area (Å²) >= 11 is 0. The van der Waals surface area contributed by atoms with E-state index in [0.29, 0.717) is 12.2 Å². The van der Waals surface area contributed by atoms with E-state index in [-0.39, 0.29) is 5.91 Å². The molecule has 3 aromatic rings. The number of hydrogen-bond acceptors (Lipinski definition) is 3. The number of fused-ring (bicyclic) bond motifs is 1. The summed E-state index contributed by atoms with van der Waals surface area (Å²) in [4.78, 5) is 12.3. The van der Waals surface area contributed by atoms with Crippen LogP contribution in [-0.2, 0) is 0 Å². The quantitative estimate of drug-likeness (QED) is 0.571. The van der Waals surface area contributed by atoms with Gasteiger partial charge in [0.05, 0.1) is 12.8 Å². The van der Waals surface area contributed by atoms with Gasteiger partial charge >= 0.3 is 0 Å². The van der Waals surface area contributed by atoms with Crippen molar-refractivity contribution in [1.29, 1.82) is 0 Å². The summed E-state index contributed by atoms with van der Waals surface area (Å²) in [6, 6.07) is 20.9. The van der Waals surface area contributed by atoms with Crippen molar-refractivity contribution in [3.8, 4) is 5.75 Å². The number of nitrogens with one attached hydrogen (secondary N) is 1. The Kier molecular flexibility index (Phi) is 4.87. The number of hydrogen-bond donors (Lipinski definition) is 1. The molecule has 0 saturated heterocycles. The maximum Gasteiger partial charge on any atom is 0.271 e. The Morgan fingerprint density at radius 1 is 1.04 bits per heavy atom. The van der Waals surface area contributed by atoms with E-state index in [9.17, 15) is 4.79 Å². The summed E-state index contributed by atoms with van der Waals surface area (Å²) < 4.78 is 5.39. The number of hydrazone groups is 1. The molecule has 1 amide bonds. The topological polar surface area (TPSA) is 50.7 Å². The molecule has 4 heteroatoms. The molecule has 0 atom stereocenters. The average molecular weight is 318 g/mol. The van der Waals surface area contributed by atoms with Gasteiger partial charge in [0.25, 0.3) is 5.91 Å². The van der Waals surface area contributed by atoms with Crippen molar-refractivity contribution in [1.82, 2.24) is 5.43 Å². The van der Waals surface area contributed by atoms with Gasteiger partial charge in [-0.3, -0.25) is 4.79 Å². The van der Waals surface area contributed by atoms with Crippen LogP contribution >= 0.6 is 0 Å². The Morgan fingerprint density at radius 2 is 1.79 bits per heavy atom. The third kappa shape index (κ3) is 3.60. The molecule has 3 aromatic carbocycles. The lowest BCUT2D eigenvalue weighted by Crippen LogP contribution is -2.17. The van der Waals surface area contributed by atoms with Crippen LogP contribution in [-0.4, -0.2) is 18.7 Å². The maximum atomic E-state index is 12.3. The number of rotatable bonds is 5. The smallest absolute Gasteiger partial charge is 0.271 e. The van der Waals surface area contributed by atoms with Crippen LogP contribution in [0.5, 0.6) is 5.75 Å². The number of carbonyl (C=O) groups is 1. The zero-order valence-corrected chi connectivity index (χ0v) is 13.4. The molecule has 0 aliphatic rings. The second kappa shape index (κ2) is 7.42. The summed E-state index contributed by atoms with van der Waals surface area (Å²) in [5, 5.41) is 5.97. The van der Waals surface area contributed by atoms with E-state index >= 15 is 0 Å². The van der Waals surface area contributed by atoms with Crippen LogP contribution in [0.25, 0.3) is 10.8 Å². The van der Waals surface area contributed by atoms with Crippen molar-refractivity contribution in [2.45, 2.75) is 6.92 Å². The lowest BCUT2D eigenvalue weighted by molar-refractivity contribution is 0.0957. The summed E-state index contributed by atoms with van der Waals surface area (Å²) in [5.41, 5.74) is 4.07. The van der Waals surface area contributed by atoms with E-state index in [1.54, 1.807) is 12.3 Å². The lowest BCUT2D eigenvalue weighted by Gasteiger charge is -2.05. The molecule has 0 fully saturated rings. The van der Waals surface area contributed by atoms with Gasteiger partial charge in [-0.05, 0) is 53.6 Å². The van der Waals surface area contributed by atoms with Gasteiger partial charge in [-0.25, -0.2) is 5.43 Å². The molecule has 0 bridgehead atoms. The van der Waals surface area contributed by atoms with Crippen molar-refractivity contribution >= 4 is 22.9 Å². The average Bonchev–Trinajstić information content (AvgIpc) is 2.63. The number of carbonyl (C=O) groups excluding carboxylic acids is 1. The molecule has 0 unspecified atom stereocenters. The third-order valence-corrected chi connectivity index (χ3v) is 3.61. The SMILES string of the molecule is CCOc1ccc(/C=N\NC(=O)c2cccc3ccccc23)cc1. The minimum atomic E-state index is -0.228. The molecular weight excluding hydrogens is 300 g/mol. The minimum Gasteiger partial charge on any atom is -0.494 e. The first-order chi connectivity index (χ1) is 11.8. The van der Waals surface area contributed by atoms with E-state index < -0.39 is 0 Å². The standard InChI is InChI=1S/C20H18N2O2/c1-2-24-17-12-10-15(11-13-17)14-21-22-20(23)19-9-5-7-16-6-3-4-8-18(16)19/h3-14H,2H2,1H3,(H,22,23)/b21-14-. The fourth-order valence-electron chi connectivity index (χ4n) is 2.47. The summed E-state index contributed by atoms with van der Waals surface area (Å²) in [6.45, 7) is 2.58. The van der Waals surface area contributed by atoms with Gasteiger partial charge in [-0.1, -0.05) is 36.4 Å². The molecule has 0 saturated carbocycles. The van der Waals surface area contributed by atoms with E-state index in [1.165, 1.54) is 0 Å². The first kappa shape index (κ1) is 15.7. The highest BCUT2D eigenvalue weighted by atomic mass is 16.5. The lowest BCUT2D eigenvalue weighted by atomic mass is 10.0. The Labute approximate surface area is 140 Å². The van der Waals surface area contributed by atoms with Crippen LogP contribution in [0.1, 0.15) is 22.8 Å². The number of nitrogens with zero attached hydrogens (tertiary/aromatic N) is 1. The predicted molar refractivity (Wildman–Crippen MR) is 96.6 cm³/mol. The molecule has 24 heavy (non-hydrogen) atoms. The van der Waals surface area contributed by atoms with Gasteiger partial charge in [-0.15, -0.1) is 0 Å². The highest BCUT2D eigenvalue weighted by Gasteiger charge is 2.08. The Balaban J connectivity index is 1.70. The van der Waals surface area contributed by atoms with E-state index in [1.807, 2.05) is 67.6 Å². The minimum absolute atomic E-state index is 0.228. The second-order valence-corrected chi connectivity index (χ2v) is 5.23. The van der Waals surface area contributed by atoms with Gasteiger partial charge in [0.2, 0.25) is 0 Å². The van der Waals surface area contributed by atoms with Crippen LogP contribution in [0.4, 0.5) is 0 Å². The van der Waals surface area contributed by atoms with Crippen LogP contribution in [0.3, 0.4) is 0 Å². The molecule has 3 rings (SSSR count). The number of ether oxygens (including phenoxy) is 1. The zero-order valence-electron chi connectivity index (χ0n) is 13.4. The van der Waals surface area contributed by atoms with Crippen molar-refractivity contribution in [3.63, 3.8) is 0 Å². The van der Waals surface area contributed by atoms with Crippen LogP contribution in [0.15, 0.2) is 71.8 Å². The molecule has 120 valence electrons. The first-order valence-corrected chi connectivity index (χ1v) is 7.82. The van der Waals surface area contributed by atoms with Gasteiger partial charge in [0.1, 0.15) is 5.75 Å². The van der Waals surface area contributed by atoms with E-state index in [2.05, 4.69) is 10.5 Å². The summed E-state index contributed by atoms with van der Waals surface area (Å²) in [5.74, 6) is 0.587. The predicted octanol–water partition coefficient (Wildman–Crippen LogP) is 4.00. The second-order valence-electron chi connectivity index (χ2n) is 5.23. The summed E-state index contributed by atoms with van der Waals surface area (Å²) in [6.07, 6.45) is 1.61. The fourth-order valence-corrected chi connectivity index (χ4v) is 2.47. The van der Waals surface area contributed by atoms with E-state index in [4.69, 9.17) is 4.74 Å². The monoisotopic (exact) mass is 318 g/mol. The van der Waals surface area contributed by atoms with Gasteiger partial charge < -0.3 is 4.74 Å². The fraction of sp³-hybridized carbons (Fsp3) is 0.100. The molecule has 0 aliphatic carbocycles. The first-order valence-electron chi connectivity index (χ1n) is 7.82. The van der Waals surface area contributed by atoms with Gasteiger partial charge in [0.15, 0.2) is 0 Å². The highest BCUT2D eigenvalue weighted by molar-refractivity contribution is 6.07. The molecule has 4 nitrogen and oxygen atoms in total. The van der Waals surface area contributed by atoms with E-state index in [0.717, 1.165) is 22.1 Å². The van der Waals surface area contributed by atoms with Crippen LogP contribution in [0.2, 0.25) is 0 Å². The largest absolute Gasteiger partial charge is 0.494 e. The third-order valence-electron chi connectivity index (χ3n) is 3.61. The molecule has 0 radical (unpaired) electrons. The molecule has 1 N–H and O–H groups in total. The Bertz CT molecular complexity index is 865. The van der Waals surface area contributed by atoms with Gasteiger partial charge in [-0.2, -0.15) is 5.10 Å². The molecule has 0 aromatic heterocycles. The molecule has 0 spiro atoms. The number of amides is 1. The highest BCUT2D eigenvalue weighted by Crippen LogP contribution is 2.18. The van der Waals surface area contributed by atoms with Crippen LogP contribution < -0.4 is 10.2 Å². The maximum absolute atomic E-state index is 12.3. The van der Waals surface area contributed by atoms with Crippen molar-refractivity contribution < 1.29 is 9.53 Å². The molecule has 0 aliphatic heterocycles. The zero-order chi connectivity index (χ0) is 16.8. The van der Waals surface area contributed by atoms with Gasteiger partial charge in [0, 0.05) is 5.56 Å². The molecule has 0 heterocycles. The molecular formula is C20H18N2O2. The van der Waals surface area contributed by atoms with Crippen molar-refractivity contribution in [2.75, 3.05) is 6.61 Å². The summed E-state index contributed by atoms with van der Waals surface area (Å²) in [7, 11) is 0. The van der Waals surface area contributed by atoms with Crippen molar-refractivity contribution in [2.24, 2.45) is 5.10 Å². The van der Waals surface area contributed by atoms with Crippen molar-refractivity contribution in [3.05, 3.63) is 77.9 Å². The van der Waals surface area contributed by atoms with Crippen LogP contribution in [0, 0.1) is 0 Å². The Morgan fingerprint density at radius 3 is 2.58 bits per heavy atom.